The average Bonchev–Trinajstić information content (AvgIpc) is 2.81. The molecule has 0 aliphatic carbocycles. The Morgan fingerprint density at radius 1 is 1.03 bits per heavy atom. The van der Waals surface area contributed by atoms with Gasteiger partial charge in [0.25, 0.3) is 0 Å². The molecule has 0 spiro atoms. The molecular weight excluding hydrogens is 428 g/mol. The Hall–Kier alpha value is -2.31. The van der Waals surface area contributed by atoms with Gasteiger partial charge in [-0.2, -0.15) is 0 Å². The number of hydrogen-bond acceptors (Lipinski definition) is 4. The maximum Gasteiger partial charge on any atom is 0.245 e. The van der Waals surface area contributed by atoms with Crippen molar-refractivity contribution in [2.45, 2.75) is 74.6 Å². The first-order chi connectivity index (χ1) is 16.0. The normalized spacial score (nSPS) is 23.4. The standard InChI is InChI=1S/C27H36N4OS/c1-19-10-8-11-20(2)30(19)16-6-3-7-17-31-23-14-4-5-15-24(23)33-25(27(31)32)21-12-9-13-22(18-21)26(28)29/h4-5,9,12-15,18-20,25H,3,6-8,10-11,16-17H2,1-2H3,(H3,28,29)/t19-,20+,25?. The second-order valence-electron chi connectivity index (χ2n) is 9.42. The lowest BCUT2D eigenvalue weighted by Crippen LogP contribution is -2.44. The molecule has 2 aromatic rings. The van der Waals surface area contributed by atoms with Crippen LogP contribution in [0.5, 0.6) is 0 Å². The van der Waals surface area contributed by atoms with E-state index in [0.29, 0.717) is 17.6 Å². The molecule has 1 saturated heterocycles. The average molecular weight is 465 g/mol. The first-order valence-corrected chi connectivity index (χ1v) is 13.1. The highest BCUT2D eigenvalue weighted by Crippen LogP contribution is 2.46. The van der Waals surface area contributed by atoms with E-state index in [-0.39, 0.29) is 17.0 Å². The van der Waals surface area contributed by atoms with Gasteiger partial charge in [0.1, 0.15) is 11.1 Å². The molecule has 0 aromatic heterocycles. The third-order valence-electron chi connectivity index (χ3n) is 7.07. The van der Waals surface area contributed by atoms with Gasteiger partial charge in [0.2, 0.25) is 5.91 Å². The largest absolute Gasteiger partial charge is 0.384 e. The molecule has 2 aliphatic rings. The number of para-hydroxylation sites is 1. The van der Waals surface area contributed by atoms with Crippen LogP contribution in [0.25, 0.3) is 0 Å². The summed E-state index contributed by atoms with van der Waals surface area (Å²) in [6, 6.07) is 17.1. The highest BCUT2D eigenvalue weighted by Gasteiger charge is 2.34. The number of fused-ring (bicyclic) bond motifs is 1. The molecule has 3 atom stereocenters. The number of rotatable bonds is 8. The fraction of sp³-hybridized carbons (Fsp3) is 0.481. The van der Waals surface area contributed by atoms with Crippen molar-refractivity contribution in [2.75, 3.05) is 18.0 Å². The van der Waals surface area contributed by atoms with E-state index in [9.17, 15) is 4.79 Å². The fourth-order valence-electron chi connectivity index (χ4n) is 5.18. The van der Waals surface area contributed by atoms with E-state index in [4.69, 9.17) is 11.1 Å². The molecule has 6 heteroatoms. The highest BCUT2D eigenvalue weighted by atomic mass is 32.2. The topological polar surface area (TPSA) is 73.4 Å². The third-order valence-corrected chi connectivity index (χ3v) is 8.37. The maximum atomic E-state index is 13.6. The Morgan fingerprint density at radius 2 is 1.76 bits per heavy atom. The van der Waals surface area contributed by atoms with Crippen LogP contribution in [-0.4, -0.2) is 41.8 Å². The minimum absolute atomic E-state index is 0.0275. The Bertz CT molecular complexity index is 984. The molecule has 1 unspecified atom stereocenters. The van der Waals surface area contributed by atoms with Gasteiger partial charge in [-0.1, -0.05) is 43.2 Å². The molecule has 176 valence electrons. The summed E-state index contributed by atoms with van der Waals surface area (Å²) in [4.78, 5) is 19.4. The summed E-state index contributed by atoms with van der Waals surface area (Å²) in [5.41, 5.74) is 8.28. The first-order valence-electron chi connectivity index (χ1n) is 12.2. The predicted octanol–water partition coefficient (Wildman–Crippen LogP) is 5.58. The third kappa shape index (κ3) is 5.44. The van der Waals surface area contributed by atoms with Crippen LogP contribution >= 0.6 is 11.8 Å². The molecule has 0 saturated carbocycles. The van der Waals surface area contributed by atoms with E-state index in [0.717, 1.165) is 42.1 Å². The smallest absolute Gasteiger partial charge is 0.245 e. The monoisotopic (exact) mass is 464 g/mol. The summed E-state index contributed by atoms with van der Waals surface area (Å²) in [6.07, 6.45) is 7.28. The fourth-order valence-corrected chi connectivity index (χ4v) is 6.41. The number of benzene rings is 2. The number of nitrogens with two attached hydrogens (primary N) is 1. The Morgan fingerprint density at radius 3 is 2.52 bits per heavy atom. The summed E-state index contributed by atoms with van der Waals surface area (Å²) in [5.74, 6) is 0.150. The zero-order valence-corrected chi connectivity index (χ0v) is 20.6. The quantitative estimate of drug-likeness (QED) is 0.304. The van der Waals surface area contributed by atoms with Crippen molar-refractivity contribution in [3.05, 3.63) is 59.7 Å². The van der Waals surface area contributed by atoms with Crippen LogP contribution in [0, 0.1) is 5.41 Å². The van der Waals surface area contributed by atoms with Crippen molar-refractivity contribution in [1.82, 2.24) is 4.90 Å². The van der Waals surface area contributed by atoms with Crippen LogP contribution in [0.3, 0.4) is 0 Å². The SMILES string of the molecule is C[C@@H]1CCC[C@H](C)N1CCCCCN1C(=O)C(c2cccc(C(=N)N)c2)Sc2ccccc21. The van der Waals surface area contributed by atoms with E-state index < -0.39 is 0 Å². The Kier molecular flexibility index (Phi) is 7.76. The minimum Gasteiger partial charge on any atom is -0.384 e. The molecule has 0 radical (unpaired) electrons. The number of piperidine rings is 1. The molecule has 2 heterocycles. The number of amides is 1. The first kappa shape index (κ1) is 23.8. The zero-order chi connectivity index (χ0) is 23.4. The van der Waals surface area contributed by atoms with Crippen molar-refractivity contribution in [1.29, 1.82) is 5.41 Å². The zero-order valence-electron chi connectivity index (χ0n) is 19.8. The van der Waals surface area contributed by atoms with Crippen molar-refractivity contribution in [3.63, 3.8) is 0 Å². The van der Waals surface area contributed by atoms with E-state index in [2.05, 4.69) is 30.9 Å². The summed E-state index contributed by atoms with van der Waals surface area (Å²) in [5, 5.41) is 7.44. The van der Waals surface area contributed by atoms with Gasteiger partial charge >= 0.3 is 0 Å². The van der Waals surface area contributed by atoms with E-state index in [1.54, 1.807) is 11.8 Å². The van der Waals surface area contributed by atoms with Crippen LogP contribution < -0.4 is 10.6 Å². The van der Waals surface area contributed by atoms with E-state index in [1.807, 2.05) is 41.3 Å². The molecule has 1 amide bonds. The number of carbonyl (C=O) groups is 1. The number of nitrogens with one attached hydrogen (secondary N) is 1. The van der Waals surface area contributed by atoms with Crippen LogP contribution in [0.4, 0.5) is 5.69 Å². The minimum atomic E-state index is -0.311. The Labute approximate surface area is 202 Å². The lowest BCUT2D eigenvalue weighted by atomic mass is 9.97. The van der Waals surface area contributed by atoms with Crippen molar-refractivity contribution in [3.8, 4) is 0 Å². The highest BCUT2D eigenvalue weighted by molar-refractivity contribution is 8.00. The summed E-state index contributed by atoms with van der Waals surface area (Å²) in [6.45, 7) is 6.61. The van der Waals surface area contributed by atoms with Gasteiger partial charge in [-0.05, 0) is 69.8 Å². The van der Waals surface area contributed by atoms with Gasteiger partial charge in [0.15, 0.2) is 0 Å². The summed E-state index contributed by atoms with van der Waals surface area (Å²) >= 11 is 1.60. The van der Waals surface area contributed by atoms with Crippen LogP contribution in [0.15, 0.2) is 53.4 Å². The van der Waals surface area contributed by atoms with Crippen LogP contribution in [0.1, 0.15) is 68.7 Å². The van der Waals surface area contributed by atoms with Crippen molar-refractivity contribution < 1.29 is 4.79 Å². The maximum absolute atomic E-state index is 13.6. The van der Waals surface area contributed by atoms with Gasteiger partial charge < -0.3 is 10.6 Å². The Balaban J connectivity index is 1.42. The van der Waals surface area contributed by atoms with E-state index in [1.165, 1.54) is 25.7 Å². The summed E-state index contributed by atoms with van der Waals surface area (Å²) < 4.78 is 0. The van der Waals surface area contributed by atoms with Crippen molar-refractivity contribution in [2.24, 2.45) is 5.73 Å². The number of likely N-dealkylation sites (tertiary alicyclic amines) is 1. The number of nitrogens with zero attached hydrogens (tertiary/aromatic N) is 2. The number of thioether (sulfide) groups is 1. The number of nitrogen functional groups attached to an aromatic ring is 1. The second-order valence-corrected chi connectivity index (χ2v) is 10.6. The number of anilines is 1. The van der Waals surface area contributed by atoms with Gasteiger partial charge in [-0.3, -0.25) is 15.1 Å². The molecule has 2 aromatic carbocycles. The van der Waals surface area contributed by atoms with Gasteiger partial charge in [-0.15, -0.1) is 11.8 Å². The predicted molar refractivity (Wildman–Crippen MR) is 138 cm³/mol. The number of unbranched alkanes of at least 4 members (excludes halogenated alkanes) is 2. The molecular formula is C27H36N4OS. The lowest BCUT2D eigenvalue weighted by molar-refractivity contribution is -0.118. The second kappa shape index (κ2) is 10.7. The van der Waals surface area contributed by atoms with E-state index >= 15 is 0 Å². The van der Waals surface area contributed by atoms with Crippen LogP contribution in [-0.2, 0) is 4.79 Å². The number of hydrogen-bond donors (Lipinski definition) is 2. The van der Waals surface area contributed by atoms with Crippen molar-refractivity contribution >= 4 is 29.2 Å². The molecule has 4 rings (SSSR count). The number of amidine groups is 1. The summed E-state index contributed by atoms with van der Waals surface area (Å²) in [7, 11) is 0. The molecule has 5 nitrogen and oxygen atoms in total. The van der Waals surface area contributed by atoms with Crippen LogP contribution in [0.2, 0.25) is 0 Å². The molecule has 0 bridgehead atoms. The van der Waals surface area contributed by atoms with Gasteiger partial charge in [0.05, 0.1) is 5.69 Å². The molecule has 2 aliphatic heterocycles. The molecule has 33 heavy (non-hydrogen) atoms. The molecule has 1 fully saturated rings. The number of carbonyl (C=O) groups excluding carboxylic acids is 1. The molecule has 3 N–H and O–H groups in total. The lowest BCUT2D eigenvalue weighted by Gasteiger charge is -2.39. The van der Waals surface area contributed by atoms with Gasteiger partial charge in [0, 0.05) is 29.1 Å². The van der Waals surface area contributed by atoms with Gasteiger partial charge in [-0.25, -0.2) is 0 Å².